The second kappa shape index (κ2) is 14.1. The fraction of sp³-hybridized carbons (Fsp3) is 0.296. The molecule has 4 rings (SSSR count). The quantitative estimate of drug-likeness (QED) is 0.354. The van der Waals surface area contributed by atoms with E-state index in [1.165, 1.54) is 47.0 Å². The molecule has 0 unspecified atom stereocenters. The van der Waals surface area contributed by atoms with Gasteiger partial charge in [0.2, 0.25) is 0 Å². The second-order valence-corrected chi connectivity index (χ2v) is 10.1. The van der Waals surface area contributed by atoms with Crippen molar-refractivity contribution in [1.29, 1.82) is 0 Å². The summed E-state index contributed by atoms with van der Waals surface area (Å²) in [4.78, 5) is 0. The van der Waals surface area contributed by atoms with Gasteiger partial charge in [-0.1, -0.05) is 51.0 Å². The molecule has 4 aromatic carbocycles. The number of fused-ring (bicyclic) bond motifs is 2. The molecule has 0 amide bonds. The maximum absolute atomic E-state index is 2.27. The van der Waals surface area contributed by atoms with E-state index >= 15 is 0 Å². The van der Waals surface area contributed by atoms with Gasteiger partial charge in [-0.25, -0.2) is 0 Å². The monoisotopic (exact) mass is 516 g/mol. The van der Waals surface area contributed by atoms with E-state index < -0.39 is 0 Å². The molecule has 3 heteroatoms. The van der Waals surface area contributed by atoms with Crippen LogP contribution in [0, 0.1) is 13.8 Å². The minimum Gasteiger partial charge on any atom is -1.00 e. The molecule has 0 radical (unpaired) electrons. The number of rotatable bonds is 2. The summed E-state index contributed by atoms with van der Waals surface area (Å²) in [6.45, 7) is 13.0. The van der Waals surface area contributed by atoms with Crippen molar-refractivity contribution >= 4 is 24.8 Å². The molecule has 0 aromatic heterocycles. The van der Waals surface area contributed by atoms with E-state index in [4.69, 9.17) is 0 Å². The van der Waals surface area contributed by atoms with Crippen LogP contribution in [0.15, 0.2) is 60.7 Å². The fourth-order valence-corrected chi connectivity index (χ4v) is 3.52. The fourth-order valence-electron chi connectivity index (χ4n) is 3.52. The molecule has 0 aliphatic heterocycles. The Kier molecular flexibility index (Phi) is 13.7. The third kappa shape index (κ3) is 8.26. The summed E-state index contributed by atoms with van der Waals surface area (Å²) in [6, 6.07) is 22.1. The van der Waals surface area contributed by atoms with Crippen molar-refractivity contribution in [3.8, 4) is 0 Å². The first kappa shape index (κ1) is 29.0. The van der Waals surface area contributed by atoms with E-state index in [0.717, 1.165) is 12.8 Å². The van der Waals surface area contributed by atoms with Crippen molar-refractivity contribution in [2.75, 3.05) is 0 Å². The van der Waals surface area contributed by atoms with Crippen LogP contribution in [0.5, 0.6) is 0 Å². The van der Waals surface area contributed by atoms with Gasteiger partial charge in [-0.2, -0.15) is 12.1 Å². The van der Waals surface area contributed by atoms with Crippen molar-refractivity contribution < 1.29 is 49.0 Å². The Morgan fingerprint density at radius 1 is 0.733 bits per heavy atom. The SMILES string of the molecule is CCc1cccc2[cH-]c(C)cc12.CCc1cccc2[cH-]c(C)cc12.C[C](C)=[Zr+2].[Cl-].[Cl-]. The molecule has 0 nitrogen and oxygen atoms in total. The molecule has 0 heterocycles. The van der Waals surface area contributed by atoms with Gasteiger partial charge in [0.05, 0.1) is 0 Å². The minimum atomic E-state index is 0. The number of halogens is 2. The van der Waals surface area contributed by atoms with Crippen LogP contribution in [0.2, 0.25) is 0 Å². The zero-order valence-corrected chi connectivity index (χ0v) is 22.9. The average molecular weight is 519 g/mol. The Bertz CT molecular complexity index is 969. The van der Waals surface area contributed by atoms with E-state index in [1.54, 1.807) is 24.2 Å². The molecule has 160 valence electrons. The van der Waals surface area contributed by atoms with Crippen LogP contribution in [0.4, 0.5) is 0 Å². The summed E-state index contributed by atoms with van der Waals surface area (Å²) in [5, 5.41) is 5.62. The van der Waals surface area contributed by atoms with Gasteiger partial charge >= 0.3 is 41.3 Å². The summed E-state index contributed by atoms with van der Waals surface area (Å²) in [5.74, 6) is 0. The maximum atomic E-state index is 2.27. The van der Waals surface area contributed by atoms with Crippen LogP contribution < -0.4 is 24.8 Å². The number of benzene rings is 2. The topological polar surface area (TPSA) is 0 Å². The average Bonchev–Trinajstić information content (AvgIpc) is 3.21. The van der Waals surface area contributed by atoms with E-state index in [-0.39, 0.29) is 24.8 Å². The molecule has 0 saturated heterocycles. The molecule has 0 spiro atoms. The first-order chi connectivity index (χ1) is 13.3. The van der Waals surface area contributed by atoms with Crippen molar-refractivity contribution in [3.05, 3.63) is 82.9 Å². The largest absolute Gasteiger partial charge is 1.00 e. The van der Waals surface area contributed by atoms with E-state index in [9.17, 15) is 0 Å². The van der Waals surface area contributed by atoms with Crippen molar-refractivity contribution in [2.24, 2.45) is 0 Å². The number of hydrogen-bond acceptors (Lipinski definition) is 0. The third-order valence-electron chi connectivity index (χ3n) is 4.73. The van der Waals surface area contributed by atoms with Crippen LogP contribution in [-0.2, 0) is 37.1 Å². The first-order valence-electron chi connectivity index (χ1n) is 10.2. The Hall–Kier alpha value is -1.01. The van der Waals surface area contributed by atoms with Crippen LogP contribution in [0.1, 0.15) is 49.9 Å². The molecule has 0 bridgehead atoms. The number of hydrogen-bond donors (Lipinski definition) is 0. The van der Waals surface area contributed by atoms with Gasteiger partial charge in [0, 0.05) is 0 Å². The van der Waals surface area contributed by atoms with E-state index in [0.29, 0.717) is 0 Å². The molecule has 0 fully saturated rings. The molecule has 30 heavy (non-hydrogen) atoms. The molecular formula is C27H32Cl2Zr-2. The summed E-state index contributed by atoms with van der Waals surface area (Å²) in [7, 11) is 0. The van der Waals surface area contributed by atoms with Crippen LogP contribution in [-0.4, -0.2) is 3.21 Å². The van der Waals surface area contributed by atoms with Gasteiger partial charge < -0.3 is 24.8 Å². The standard InChI is InChI=1S/2C12H13.C3H6.2ClH.Zr/c2*1-3-10-5-4-6-11-7-9(2)8-12(10)11;1-3-2;;;/h2*4-8H,3H2,1-2H3;1-2H3;2*1H;/q2*-1;;;;+2/p-2. The van der Waals surface area contributed by atoms with Gasteiger partial charge in [-0.05, 0) is 12.8 Å². The molecule has 0 N–H and O–H groups in total. The second-order valence-electron chi connectivity index (χ2n) is 7.61. The molecule has 0 atom stereocenters. The summed E-state index contributed by atoms with van der Waals surface area (Å²) in [5.41, 5.74) is 5.65. The molecule has 0 aliphatic carbocycles. The molecule has 0 saturated carbocycles. The van der Waals surface area contributed by atoms with Crippen molar-refractivity contribution in [2.45, 2.75) is 54.4 Å². The maximum Gasteiger partial charge on any atom is -1.00 e. The van der Waals surface area contributed by atoms with Gasteiger partial charge in [-0.15, -0.1) is 69.1 Å². The van der Waals surface area contributed by atoms with Crippen LogP contribution in [0.3, 0.4) is 0 Å². The summed E-state index contributed by atoms with van der Waals surface area (Å²) >= 11 is 1.55. The Morgan fingerprint density at radius 3 is 1.37 bits per heavy atom. The van der Waals surface area contributed by atoms with Gasteiger partial charge in [0.25, 0.3) is 0 Å². The van der Waals surface area contributed by atoms with Crippen LogP contribution >= 0.6 is 0 Å². The van der Waals surface area contributed by atoms with E-state index in [2.05, 4.69) is 102 Å². The van der Waals surface area contributed by atoms with Crippen LogP contribution in [0.25, 0.3) is 21.5 Å². The van der Waals surface area contributed by atoms with Crippen molar-refractivity contribution in [3.63, 3.8) is 0 Å². The normalized spacial score (nSPS) is 9.60. The number of aryl methyl sites for hydroxylation is 4. The predicted molar refractivity (Wildman–Crippen MR) is 124 cm³/mol. The Labute approximate surface area is 209 Å². The Morgan fingerprint density at radius 2 is 1.07 bits per heavy atom. The van der Waals surface area contributed by atoms with Crippen molar-refractivity contribution in [1.82, 2.24) is 0 Å². The minimum absolute atomic E-state index is 0. The van der Waals surface area contributed by atoms with E-state index in [1.807, 2.05) is 0 Å². The zero-order valence-electron chi connectivity index (χ0n) is 18.9. The smallest absolute Gasteiger partial charge is 1.00 e. The Balaban J connectivity index is 0.000000452. The predicted octanol–water partition coefficient (Wildman–Crippen LogP) is 1.61. The van der Waals surface area contributed by atoms with Gasteiger partial charge in [-0.3, -0.25) is 0 Å². The zero-order chi connectivity index (χ0) is 20.7. The van der Waals surface area contributed by atoms with Gasteiger partial charge in [0.1, 0.15) is 0 Å². The third-order valence-corrected chi connectivity index (χ3v) is 4.73. The molecule has 4 aromatic rings. The summed E-state index contributed by atoms with van der Waals surface area (Å²) in [6.07, 6.45) is 2.25. The van der Waals surface area contributed by atoms with Gasteiger partial charge in [0.15, 0.2) is 0 Å². The molecular weight excluding hydrogens is 486 g/mol. The summed E-state index contributed by atoms with van der Waals surface area (Å²) < 4.78 is 1.51. The molecule has 0 aliphatic rings. The first-order valence-corrected chi connectivity index (χ1v) is 11.4.